The van der Waals surface area contributed by atoms with Gasteiger partial charge in [-0.15, -0.1) is 0 Å². The molecule has 3 aromatic heterocycles. The van der Waals surface area contributed by atoms with E-state index in [1.165, 1.54) is 27.2 Å². The summed E-state index contributed by atoms with van der Waals surface area (Å²) in [5.41, 5.74) is 0.568. The van der Waals surface area contributed by atoms with Gasteiger partial charge < -0.3 is 4.57 Å². The molecule has 7 nitrogen and oxygen atoms in total. The number of pyridine rings is 2. The van der Waals surface area contributed by atoms with Gasteiger partial charge in [0, 0.05) is 11.2 Å². The fraction of sp³-hybridized carbons (Fsp3) is 0.0417. The van der Waals surface area contributed by atoms with Crippen LogP contribution in [0.15, 0.2) is 99.6 Å². The second kappa shape index (κ2) is 7.99. The summed E-state index contributed by atoms with van der Waals surface area (Å²) < 4.78 is 29.7. The fourth-order valence-electron chi connectivity index (χ4n) is 3.74. The molecule has 9 heteroatoms. The number of aromatic nitrogens is 3. The molecule has 3 heterocycles. The Balaban J connectivity index is 1.90. The molecular weight excluding hydrogens is 460 g/mol. The maximum atomic E-state index is 13.5. The van der Waals surface area contributed by atoms with Gasteiger partial charge in [0.15, 0.2) is 0 Å². The van der Waals surface area contributed by atoms with Gasteiger partial charge in [-0.2, -0.15) is 0 Å². The van der Waals surface area contributed by atoms with Gasteiger partial charge in [-0.05, 0) is 42.0 Å². The van der Waals surface area contributed by atoms with E-state index in [2.05, 4.69) is 4.98 Å². The first kappa shape index (κ1) is 21.1. The van der Waals surface area contributed by atoms with Crippen LogP contribution in [0, 0.1) is 5.41 Å². The van der Waals surface area contributed by atoms with Crippen LogP contribution >= 0.6 is 11.6 Å². The molecule has 2 aromatic carbocycles. The summed E-state index contributed by atoms with van der Waals surface area (Å²) in [6.07, 6.45) is 1.57. The van der Waals surface area contributed by atoms with E-state index in [1.54, 1.807) is 66.9 Å². The number of fused-ring (bicyclic) bond motifs is 2. The van der Waals surface area contributed by atoms with Gasteiger partial charge in [-0.25, -0.2) is 13.4 Å². The van der Waals surface area contributed by atoms with E-state index in [1.807, 2.05) is 0 Å². The zero-order valence-corrected chi connectivity index (χ0v) is 18.7. The number of benzene rings is 2. The van der Waals surface area contributed by atoms with Crippen LogP contribution in [-0.2, 0) is 16.4 Å². The highest BCUT2D eigenvalue weighted by Gasteiger charge is 2.24. The zero-order chi connectivity index (χ0) is 23.2. The standard InChI is InChI=1S/C24H17ClN4O3S/c25-19-11-5-4-8-16(19)15-29-22(26)20(33(31,32)17-9-2-1-3-10-17)14-18-23(29)27-21-12-6-7-13-28(21)24(18)30/h1-14,26H,15H2. The Morgan fingerprint density at radius 1 is 0.939 bits per heavy atom. The van der Waals surface area contributed by atoms with Crippen LogP contribution in [0.1, 0.15) is 5.56 Å². The largest absolute Gasteiger partial charge is 0.305 e. The summed E-state index contributed by atoms with van der Waals surface area (Å²) in [5, 5.41) is 9.38. The van der Waals surface area contributed by atoms with E-state index in [4.69, 9.17) is 17.0 Å². The smallest absolute Gasteiger partial charge is 0.267 e. The molecule has 0 aliphatic rings. The molecule has 0 saturated heterocycles. The first-order valence-corrected chi connectivity index (χ1v) is 11.9. The number of hydrogen-bond donors (Lipinski definition) is 1. The molecule has 0 unspecified atom stereocenters. The number of nitrogens with one attached hydrogen (secondary N) is 1. The third kappa shape index (κ3) is 3.53. The Labute approximate surface area is 193 Å². The maximum Gasteiger partial charge on any atom is 0.267 e. The molecule has 0 radical (unpaired) electrons. The van der Waals surface area contributed by atoms with E-state index in [0.29, 0.717) is 16.2 Å². The molecule has 0 atom stereocenters. The lowest BCUT2D eigenvalue weighted by Crippen LogP contribution is -2.30. The predicted octanol–water partition coefficient (Wildman–Crippen LogP) is 3.66. The Kier molecular flexibility index (Phi) is 5.11. The van der Waals surface area contributed by atoms with Gasteiger partial charge in [0.2, 0.25) is 9.84 Å². The van der Waals surface area contributed by atoms with Crippen LogP contribution in [0.2, 0.25) is 5.02 Å². The first-order chi connectivity index (χ1) is 15.9. The summed E-state index contributed by atoms with van der Waals surface area (Å²) in [6.45, 7) is 0.0720. The van der Waals surface area contributed by atoms with Gasteiger partial charge in [0.25, 0.3) is 5.56 Å². The van der Waals surface area contributed by atoms with Crippen molar-refractivity contribution in [2.75, 3.05) is 0 Å². The summed E-state index contributed by atoms with van der Waals surface area (Å²) in [7, 11) is -4.07. The molecule has 0 amide bonds. The highest BCUT2D eigenvalue weighted by atomic mass is 35.5. The van der Waals surface area contributed by atoms with Crippen molar-refractivity contribution in [3.63, 3.8) is 0 Å². The fourth-order valence-corrected chi connectivity index (χ4v) is 5.35. The third-order valence-electron chi connectivity index (χ3n) is 5.41. The van der Waals surface area contributed by atoms with Crippen molar-refractivity contribution < 1.29 is 8.42 Å². The van der Waals surface area contributed by atoms with Crippen LogP contribution < -0.4 is 11.0 Å². The highest BCUT2D eigenvalue weighted by Crippen LogP contribution is 2.22. The molecule has 0 saturated carbocycles. The van der Waals surface area contributed by atoms with E-state index in [0.717, 1.165) is 0 Å². The molecule has 0 fully saturated rings. The van der Waals surface area contributed by atoms with Crippen LogP contribution in [0.4, 0.5) is 0 Å². The van der Waals surface area contributed by atoms with Crippen molar-refractivity contribution in [2.45, 2.75) is 16.3 Å². The number of halogens is 1. The molecule has 0 aliphatic heterocycles. The van der Waals surface area contributed by atoms with Gasteiger partial charge >= 0.3 is 0 Å². The average Bonchev–Trinajstić information content (AvgIpc) is 2.83. The second-order valence-electron chi connectivity index (χ2n) is 7.43. The van der Waals surface area contributed by atoms with Gasteiger partial charge in [0.1, 0.15) is 21.7 Å². The van der Waals surface area contributed by atoms with Crippen LogP contribution in [0.3, 0.4) is 0 Å². The zero-order valence-electron chi connectivity index (χ0n) is 17.1. The van der Waals surface area contributed by atoms with E-state index < -0.39 is 15.4 Å². The molecule has 33 heavy (non-hydrogen) atoms. The van der Waals surface area contributed by atoms with Crippen molar-refractivity contribution in [3.05, 3.63) is 111 Å². The third-order valence-corrected chi connectivity index (χ3v) is 7.56. The molecular formula is C24H17ClN4O3S. The first-order valence-electron chi connectivity index (χ1n) is 10.0. The minimum Gasteiger partial charge on any atom is -0.305 e. The second-order valence-corrected chi connectivity index (χ2v) is 9.76. The lowest BCUT2D eigenvalue weighted by molar-refractivity contribution is 0.591. The lowest BCUT2D eigenvalue weighted by atomic mass is 10.2. The van der Waals surface area contributed by atoms with Crippen molar-refractivity contribution in [1.82, 2.24) is 14.0 Å². The molecule has 0 spiro atoms. The normalized spacial score (nSPS) is 11.8. The summed E-state index contributed by atoms with van der Waals surface area (Å²) in [6, 6.07) is 21.3. The summed E-state index contributed by atoms with van der Waals surface area (Å²) >= 11 is 6.35. The van der Waals surface area contributed by atoms with Crippen molar-refractivity contribution in [2.24, 2.45) is 0 Å². The van der Waals surface area contributed by atoms with Crippen molar-refractivity contribution >= 4 is 38.1 Å². The molecule has 0 bridgehead atoms. The molecule has 0 aliphatic carbocycles. The lowest BCUT2D eigenvalue weighted by Gasteiger charge is -2.16. The monoisotopic (exact) mass is 476 g/mol. The molecule has 1 N–H and O–H groups in total. The van der Waals surface area contributed by atoms with E-state index in [9.17, 15) is 13.2 Å². The number of nitrogens with zero attached hydrogens (tertiary/aromatic N) is 3. The SMILES string of the molecule is N=c1c(S(=O)(=O)c2ccccc2)cc2c(=O)n3ccccc3nc2n1Cc1ccccc1Cl. The summed E-state index contributed by atoms with van der Waals surface area (Å²) in [5.74, 6) is 0. The quantitative estimate of drug-likeness (QED) is 0.400. The minimum absolute atomic E-state index is 0.0380. The van der Waals surface area contributed by atoms with Gasteiger partial charge in [0.05, 0.1) is 16.8 Å². The van der Waals surface area contributed by atoms with E-state index >= 15 is 0 Å². The predicted molar refractivity (Wildman–Crippen MR) is 125 cm³/mol. The van der Waals surface area contributed by atoms with Gasteiger partial charge in [-0.1, -0.05) is 54.1 Å². The molecule has 5 rings (SSSR count). The Hall–Kier alpha value is -3.75. The molecule has 5 aromatic rings. The van der Waals surface area contributed by atoms with Gasteiger partial charge in [-0.3, -0.25) is 14.6 Å². The Morgan fingerprint density at radius 3 is 2.39 bits per heavy atom. The average molecular weight is 477 g/mol. The van der Waals surface area contributed by atoms with Crippen LogP contribution in [-0.4, -0.2) is 22.4 Å². The van der Waals surface area contributed by atoms with Crippen LogP contribution in [0.25, 0.3) is 16.7 Å². The summed E-state index contributed by atoms with van der Waals surface area (Å²) in [4.78, 5) is 17.7. The van der Waals surface area contributed by atoms with Crippen molar-refractivity contribution in [3.8, 4) is 0 Å². The number of sulfone groups is 1. The topological polar surface area (TPSA) is 97.3 Å². The van der Waals surface area contributed by atoms with Crippen LogP contribution in [0.5, 0.6) is 0 Å². The van der Waals surface area contributed by atoms with E-state index in [-0.39, 0.29) is 32.9 Å². The minimum atomic E-state index is -4.07. The number of rotatable bonds is 4. The maximum absolute atomic E-state index is 13.5. The number of hydrogen-bond acceptors (Lipinski definition) is 5. The highest BCUT2D eigenvalue weighted by molar-refractivity contribution is 7.91. The molecule has 164 valence electrons. The van der Waals surface area contributed by atoms with Crippen molar-refractivity contribution in [1.29, 1.82) is 5.41 Å². The Bertz CT molecular complexity index is 1760. The Morgan fingerprint density at radius 2 is 1.64 bits per heavy atom.